The molecule has 0 aliphatic heterocycles. The molecule has 0 spiro atoms. The number of benzene rings is 1. The van der Waals surface area contributed by atoms with E-state index in [1.165, 1.54) is 11.1 Å². The third-order valence-electron chi connectivity index (χ3n) is 2.52. The van der Waals surface area contributed by atoms with Crippen LogP contribution in [-0.2, 0) is 9.59 Å². The van der Waals surface area contributed by atoms with Crippen LogP contribution < -0.4 is 11.1 Å². The van der Waals surface area contributed by atoms with E-state index in [0.29, 0.717) is 36.6 Å². The fraction of sp³-hybridized carbons (Fsp3) is 0.214. The fourth-order valence-corrected chi connectivity index (χ4v) is 1.58. The van der Waals surface area contributed by atoms with Gasteiger partial charge in [0.15, 0.2) is 0 Å². The predicted octanol–water partition coefficient (Wildman–Crippen LogP) is 1.49. The van der Waals surface area contributed by atoms with Gasteiger partial charge in [0, 0.05) is 23.5 Å². The molecular weight excluding hydrogens is 292 g/mol. The molecule has 0 saturated heterocycles. The van der Waals surface area contributed by atoms with Crippen molar-refractivity contribution < 1.29 is 9.59 Å². The predicted molar refractivity (Wildman–Crippen MR) is 80.2 cm³/mol. The van der Waals surface area contributed by atoms with E-state index in [-0.39, 0.29) is 5.57 Å². The Balaban J connectivity index is 2.78. The third-order valence-corrected chi connectivity index (χ3v) is 2.77. The average molecular weight is 307 g/mol. The Bertz CT molecular complexity index is 563. The minimum Gasteiger partial charge on any atom is -0.330 e. The maximum atomic E-state index is 12.0. The van der Waals surface area contributed by atoms with E-state index < -0.39 is 5.91 Å². The summed E-state index contributed by atoms with van der Waals surface area (Å²) in [4.78, 5) is 24.0. The minimum atomic E-state index is -0.598. The highest BCUT2D eigenvalue weighted by molar-refractivity contribution is 6.30. The number of nitrogens with zero attached hydrogens (tertiary/aromatic N) is 2. The third kappa shape index (κ3) is 5.65. The van der Waals surface area contributed by atoms with Crippen LogP contribution in [0.15, 0.2) is 36.0 Å². The minimum absolute atomic E-state index is 0.172. The normalized spacial score (nSPS) is 10.6. The van der Waals surface area contributed by atoms with E-state index in [4.69, 9.17) is 22.6 Å². The molecule has 2 amide bonds. The summed E-state index contributed by atoms with van der Waals surface area (Å²) >= 11 is 5.74. The van der Waals surface area contributed by atoms with Crippen molar-refractivity contribution in [1.82, 2.24) is 4.90 Å². The first-order valence-electron chi connectivity index (χ1n) is 6.20. The first-order valence-corrected chi connectivity index (χ1v) is 6.58. The summed E-state index contributed by atoms with van der Waals surface area (Å²) in [5.41, 5.74) is 5.68. The van der Waals surface area contributed by atoms with Crippen molar-refractivity contribution in [2.24, 2.45) is 5.73 Å². The Hall–Kier alpha value is -2.36. The van der Waals surface area contributed by atoms with Crippen molar-refractivity contribution in [3.05, 3.63) is 41.1 Å². The van der Waals surface area contributed by atoms with Crippen LogP contribution in [0.3, 0.4) is 0 Å². The molecule has 0 aliphatic rings. The van der Waals surface area contributed by atoms with E-state index in [0.717, 1.165) is 0 Å². The molecule has 0 radical (unpaired) electrons. The molecule has 110 valence electrons. The molecule has 0 saturated carbocycles. The number of nitriles is 1. The van der Waals surface area contributed by atoms with Gasteiger partial charge in [-0.3, -0.25) is 9.59 Å². The second kappa shape index (κ2) is 8.74. The summed E-state index contributed by atoms with van der Waals surface area (Å²) in [6.07, 6.45) is 2.32. The summed E-state index contributed by atoms with van der Waals surface area (Å²) in [5.74, 6) is -0.598. The number of carbonyl (C=O) groups is 2. The van der Waals surface area contributed by atoms with Gasteiger partial charge in [0.1, 0.15) is 11.6 Å². The molecule has 1 rings (SSSR count). The molecule has 6 nitrogen and oxygen atoms in total. The number of nitrogens with one attached hydrogen (secondary N) is 1. The van der Waals surface area contributed by atoms with Crippen molar-refractivity contribution in [2.45, 2.75) is 6.42 Å². The Morgan fingerprint density at radius 2 is 2.10 bits per heavy atom. The summed E-state index contributed by atoms with van der Waals surface area (Å²) in [6, 6.07) is 8.22. The van der Waals surface area contributed by atoms with Crippen LogP contribution in [0.1, 0.15) is 6.42 Å². The van der Waals surface area contributed by atoms with Gasteiger partial charge in [0.2, 0.25) is 6.41 Å². The standard InChI is InChI=1S/C14H15ClN4O2/c15-12-2-4-13(5-3-12)18-14(21)11(8-17)9-19(10-20)7-1-6-16/h2-5,9-10H,1,6-7,16H2,(H,18,21)/b11-9-. The van der Waals surface area contributed by atoms with Gasteiger partial charge in [-0.25, -0.2) is 0 Å². The highest BCUT2D eigenvalue weighted by atomic mass is 35.5. The number of hydrogen-bond donors (Lipinski definition) is 2. The van der Waals surface area contributed by atoms with E-state index in [9.17, 15) is 9.59 Å². The molecule has 3 N–H and O–H groups in total. The number of amides is 2. The second-order valence-electron chi connectivity index (χ2n) is 4.10. The molecule has 21 heavy (non-hydrogen) atoms. The number of anilines is 1. The summed E-state index contributed by atoms with van der Waals surface area (Å²) in [6.45, 7) is 0.760. The molecule has 1 aromatic carbocycles. The largest absolute Gasteiger partial charge is 0.330 e. The van der Waals surface area contributed by atoms with Gasteiger partial charge in [-0.1, -0.05) is 11.6 Å². The number of hydrogen-bond acceptors (Lipinski definition) is 4. The summed E-state index contributed by atoms with van der Waals surface area (Å²) in [7, 11) is 0. The topological polar surface area (TPSA) is 99.2 Å². The Morgan fingerprint density at radius 1 is 1.43 bits per heavy atom. The van der Waals surface area contributed by atoms with E-state index in [1.54, 1.807) is 30.3 Å². The van der Waals surface area contributed by atoms with Crippen LogP contribution >= 0.6 is 11.6 Å². The van der Waals surface area contributed by atoms with Crippen molar-refractivity contribution in [3.8, 4) is 6.07 Å². The van der Waals surface area contributed by atoms with E-state index in [1.807, 2.05) is 0 Å². The number of nitrogens with two attached hydrogens (primary N) is 1. The van der Waals surface area contributed by atoms with Gasteiger partial charge < -0.3 is 16.0 Å². The molecule has 0 unspecified atom stereocenters. The lowest BCUT2D eigenvalue weighted by Crippen LogP contribution is -2.22. The van der Waals surface area contributed by atoms with Crippen LogP contribution in [0.4, 0.5) is 5.69 Å². The van der Waals surface area contributed by atoms with Crippen LogP contribution in [-0.4, -0.2) is 30.3 Å². The quantitative estimate of drug-likeness (QED) is 0.453. The van der Waals surface area contributed by atoms with Crippen molar-refractivity contribution in [1.29, 1.82) is 5.26 Å². The molecule has 0 aliphatic carbocycles. The first kappa shape index (κ1) is 16.7. The molecule has 0 fully saturated rings. The SMILES string of the molecule is N#C/C(=C/N(C=O)CCCN)C(=O)Nc1ccc(Cl)cc1. The lowest BCUT2D eigenvalue weighted by molar-refractivity contribution is -0.116. The van der Waals surface area contributed by atoms with Crippen LogP contribution in [0.25, 0.3) is 0 Å². The average Bonchev–Trinajstić information content (AvgIpc) is 2.50. The lowest BCUT2D eigenvalue weighted by Gasteiger charge is -2.12. The molecule has 0 heterocycles. The summed E-state index contributed by atoms with van der Waals surface area (Å²) in [5, 5.41) is 12.1. The van der Waals surface area contributed by atoms with Crippen LogP contribution in [0.2, 0.25) is 5.02 Å². The maximum absolute atomic E-state index is 12.0. The zero-order valence-electron chi connectivity index (χ0n) is 11.3. The van der Waals surface area contributed by atoms with E-state index in [2.05, 4.69) is 5.32 Å². The molecular formula is C14H15ClN4O2. The maximum Gasteiger partial charge on any atom is 0.267 e. The highest BCUT2D eigenvalue weighted by Crippen LogP contribution is 2.14. The Kier molecular flexibility index (Phi) is 6.95. The molecule has 0 bridgehead atoms. The first-order chi connectivity index (χ1) is 10.1. The van der Waals surface area contributed by atoms with Crippen LogP contribution in [0, 0.1) is 11.3 Å². The van der Waals surface area contributed by atoms with E-state index >= 15 is 0 Å². The smallest absolute Gasteiger partial charge is 0.267 e. The van der Waals surface area contributed by atoms with Crippen molar-refractivity contribution in [3.63, 3.8) is 0 Å². The zero-order chi connectivity index (χ0) is 15.7. The molecule has 0 aromatic heterocycles. The number of rotatable bonds is 7. The summed E-state index contributed by atoms with van der Waals surface area (Å²) < 4.78 is 0. The molecule has 7 heteroatoms. The Morgan fingerprint density at radius 3 is 2.62 bits per heavy atom. The number of carbonyl (C=O) groups excluding carboxylic acids is 2. The van der Waals surface area contributed by atoms with Crippen LogP contribution in [0.5, 0.6) is 0 Å². The zero-order valence-corrected chi connectivity index (χ0v) is 12.0. The molecule has 0 atom stereocenters. The Labute approximate surface area is 127 Å². The van der Waals surface area contributed by atoms with Gasteiger partial charge in [-0.05, 0) is 37.2 Å². The monoisotopic (exact) mass is 306 g/mol. The highest BCUT2D eigenvalue weighted by Gasteiger charge is 2.11. The van der Waals surface area contributed by atoms with Crippen molar-refractivity contribution >= 4 is 29.6 Å². The molecule has 1 aromatic rings. The number of halogens is 1. The van der Waals surface area contributed by atoms with Gasteiger partial charge in [-0.2, -0.15) is 5.26 Å². The fourth-order valence-electron chi connectivity index (χ4n) is 1.46. The van der Waals surface area contributed by atoms with Gasteiger partial charge in [-0.15, -0.1) is 0 Å². The van der Waals surface area contributed by atoms with Gasteiger partial charge >= 0.3 is 0 Å². The lowest BCUT2D eigenvalue weighted by atomic mass is 10.2. The van der Waals surface area contributed by atoms with Gasteiger partial charge in [0.05, 0.1) is 0 Å². The van der Waals surface area contributed by atoms with Crippen molar-refractivity contribution in [2.75, 3.05) is 18.4 Å². The second-order valence-corrected chi connectivity index (χ2v) is 4.54. The van der Waals surface area contributed by atoms with Gasteiger partial charge in [0.25, 0.3) is 5.91 Å².